The second-order valence-electron chi connectivity index (χ2n) is 6.47. The summed E-state index contributed by atoms with van der Waals surface area (Å²) >= 11 is 0. The van der Waals surface area contributed by atoms with Crippen LogP contribution in [0.5, 0.6) is 5.88 Å². The van der Waals surface area contributed by atoms with Crippen LogP contribution in [0.25, 0.3) is 16.8 Å². The standard InChI is InChI=1S/C22H30N6O/c1-5-8-16(3)19-12-17(26-14-21(23)27-15-24-4)13-20(28-19)18-9-7-10-25-22(18)29-11-6-2/h7-10,12-13,15H,5-6,11,14H2,1-4H3,(H,26,28)(H2,23,24,27). The first kappa shape index (κ1) is 22.1. The molecule has 0 amide bonds. The molecule has 29 heavy (non-hydrogen) atoms. The monoisotopic (exact) mass is 394 g/mol. The van der Waals surface area contributed by atoms with Crippen molar-refractivity contribution in [2.45, 2.75) is 33.6 Å². The summed E-state index contributed by atoms with van der Waals surface area (Å²) in [6.45, 7) is 7.24. The number of ether oxygens (including phenoxy) is 1. The van der Waals surface area contributed by atoms with Gasteiger partial charge in [-0.05, 0) is 49.6 Å². The van der Waals surface area contributed by atoms with Crippen LogP contribution in [-0.4, -0.2) is 42.3 Å². The molecule has 3 N–H and O–H groups in total. The maximum absolute atomic E-state index is 5.92. The average molecular weight is 395 g/mol. The van der Waals surface area contributed by atoms with E-state index in [1.165, 1.54) is 6.34 Å². The number of allylic oxidation sites excluding steroid dienone is 2. The van der Waals surface area contributed by atoms with E-state index < -0.39 is 0 Å². The molecular formula is C22H30N6O. The predicted molar refractivity (Wildman–Crippen MR) is 122 cm³/mol. The first-order valence-corrected chi connectivity index (χ1v) is 9.83. The molecule has 0 saturated carbocycles. The zero-order valence-electron chi connectivity index (χ0n) is 17.6. The van der Waals surface area contributed by atoms with Gasteiger partial charge in [-0.15, -0.1) is 0 Å². The van der Waals surface area contributed by atoms with E-state index in [2.05, 4.69) is 47.1 Å². The predicted octanol–water partition coefficient (Wildman–Crippen LogP) is 4.17. The summed E-state index contributed by atoms with van der Waals surface area (Å²) in [5.74, 6) is 1.03. The first-order chi connectivity index (χ1) is 14.1. The summed E-state index contributed by atoms with van der Waals surface area (Å²) in [5.41, 5.74) is 10.5. The molecule has 0 saturated heterocycles. The lowest BCUT2D eigenvalue weighted by Gasteiger charge is -2.14. The molecule has 0 bridgehead atoms. The minimum Gasteiger partial charge on any atom is -0.477 e. The fourth-order valence-corrected chi connectivity index (χ4v) is 2.65. The van der Waals surface area contributed by atoms with E-state index in [4.69, 9.17) is 15.5 Å². The fraction of sp³-hybridized carbons (Fsp3) is 0.364. The molecule has 0 fully saturated rings. The topological polar surface area (TPSA) is 97.8 Å². The van der Waals surface area contributed by atoms with Gasteiger partial charge in [-0.2, -0.15) is 0 Å². The molecule has 7 nitrogen and oxygen atoms in total. The number of hydrogen-bond donors (Lipinski definition) is 2. The Hall–Kier alpha value is -3.22. The van der Waals surface area contributed by atoms with E-state index in [9.17, 15) is 0 Å². The molecule has 2 rings (SSSR count). The lowest BCUT2D eigenvalue weighted by molar-refractivity contribution is 0.306. The number of nitrogens with zero attached hydrogens (tertiary/aromatic N) is 4. The van der Waals surface area contributed by atoms with Crippen LogP contribution in [-0.2, 0) is 0 Å². The van der Waals surface area contributed by atoms with Crippen LogP contribution in [0.3, 0.4) is 0 Å². The van der Waals surface area contributed by atoms with Crippen LogP contribution in [0.4, 0.5) is 5.69 Å². The lowest BCUT2D eigenvalue weighted by atomic mass is 10.1. The molecule has 0 radical (unpaired) electrons. The van der Waals surface area contributed by atoms with E-state index in [1.807, 2.05) is 24.3 Å². The minimum absolute atomic E-state index is 0.400. The van der Waals surface area contributed by atoms with E-state index in [1.54, 1.807) is 13.2 Å². The second kappa shape index (κ2) is 11.6. The maximum Gasteiger partial charge on any atom is 0.222 e. The number of pyridine rings is 2. The zero-order valence-corrected chi connectivity index (χ0v) is 17.6. The largest absolute Gasteiger partial charge is 0.477 e. The molecule has 0 aliphatic carbocycles. The minimum atomic E-state index is 0.400. The Bertz CT molecular complexity index is 889. The van der Waals surface area contributed by atoms with Crippen LogP contribution < -0.4 is 15.8 Å². The normalized spacial score (nSPS) is 12.4. The quantitative estimate of drug-likeness (QED) is 0.465. The first-order valence-electron chi connectivity index (χ1n) is 9.83. The van der Waals surface area contributed by atoms with Crippen LogP contribution in [0.1, 0.15) is 39.3 Å². The van der Waals surface area contributed by atoms with Crippen LogP contribution in [0.2, 0.25) is 0 Å². The fourth-order valence-electron chi connectivity index (χ4n) is 2.65. The summed E-state index contributed by atoms with van der Waals surface area (Å²) in [5, 5.41) is 3.32. The Kier molecular flexibility index (Phi) is 8.82. The van der Waals surface area contributed by atoms with Crippen molar-refractivity contribution in [1.29, 1.82) is 0 Å². The molecule has 7 heteroatoms. The van der Waals surface area contributed by atoms with Crippen LogP contribution in [0, 0.1) is 0 Å². The molecule has 2 heterocycles. The van der Waals surface area contributed by atoms with Crippen molar-refractivity contribution in [2.75, 3.05) is 25.5 Å². The number of nitrogens with two attached hydrogens (primary N) is 1. The highest BCUT2D eigenvalue weighted by Crippen LogP contribution is 2.30. The van der Waals surface area contributed by atoms with E-state index in [-0.39, 0.29) is 0 Å². The Morgan fingerprint density at radius 1 is 1.31 bits per heavy atom. The third-order valence-corrected chi connectivity index (χ3v) is 4.04. The Morgan fingerprint density at radius 2 is 2.14 bits per heavy atom. The number of aliphatic imine (C=N–C) groups is 2. The van der Waals surface area contributed by atoms with Gasteiger partial charge in [-0.25, -0.2) is 15.0 Å². The zero-order chi connectivity index (χ0) is 21.1. The molecule has 0 spiro atoms. The Morgan fingerprint density at radius 3 is 2.86 bits per heavy atom. The highest BCUT2D eigenvalue weighted by molar-refractivity contribution is 5.90. The number of anilines is 1. The Balaban J connectivity index is 2.44. The summed E-state index contributed by atoms with van der Waals surface area (Å²) in [6.07, 6.45) is 7.16. The molecule has 0 unspecified atom stereocenters. The second-order valence-corrected chi connectivity index (χ2v) is 6.47. The SMILES string of the molecule is CCC=C(C)c1cc(NCC(N)=NC=NC)cc(-c2cccnc2OCCC)n1. The molecule has 0 aliphatic heterocycles. The molecule has 154 valence electrons. The van der Waals surface area contributed by atoms with E-state index in [0.717, 1.165) is 41.1 Å². The van der Waals surface area contributed by atoms with Gasteiger partial charge in [0.15, 0.2) is 0 Å². The van der Waals surface area contributed by atoms with Crippen molar-refractivity contribution in [3.05, 3.63) is 42.2 Å². The van der Waals surface area contributed by atoms with Gasteiger partial charge in [0.1, 0.15) is 12.2 Å². The summed E-state index contributed by atoms with van der Waals surface area (Å²) in [7, 11) is 1.65. The maximum atomic E-state index is 5.92. The van der Waals surface area contributed by atoms with Crippen molar-refractivity contribution in [3.8, 4) is 17.1 Å². The van der Waals surface area contributed by atoms with Gasteiger partial charge in [0, 0.05) is 18.9 Å². The Labute approximate surface area is 172 Å². The average Bonchev–Trinajstić information content (AvgIpc) is 2.75. The molecular weight excluding hydrogens is 364 g/mol. The number of rotatable bonds is 10. The molecule has 2 aromatic heterocycles. The van der Waals surface area contributed by atoms with Crippen molar-refractivity contribution in [2.24, 2.45) is 15.7 Å². The number of aromatic nitrogens is 2. The molecule has 0 aliphatic rings. The van der Waals surface area contributed by atoms with Gasteiger partial charge in [0.2, 0.25) is 5.88 Å². The van der Waals surface area contributed by atoms with Gasteiger partial charge in [-0.3, -0.25) is 4.99 Å². The molecule has 0 atom stereocenters. The highest BCUT2D eigenvalue weighted by atomic mass is 16.5. The van der Waals surface area contributed by atoms with Gasteiger partial charge in [0.25, 0.3) is 0 Å². The third-order valence-electron chi connectivity index (χ3n) is 4.04. The highest BCUT2D eigenvalue weighted by Gasteiger charge is 2.12. The molecule has 0 aromatic carbocycles. The van der Waals surface area contributed by atoms with Gasteiger partial charge < -0.3 is 15.8 Å². The van der Waals surface area contributed by atoms with Crippen molar-refractivity contribution in [3.63, 3.8) is 0 Å². The van der Waals surface area contributed by atoms with E-state index in [0.29, 0.717) is 24.9 Å². The smallest absolute Gasteiger partial charge is 0.222 e. The van der Waals surface area contributed by atoms with Crippen molar-refractivity contribution in [1.82, 2.24) is 9.97 Å². The third kappa shape index (κ3) is 6.71. The summed E-state index contributed by atoms with van der Waals surface area (Å²) in [6, 6.07) is 7.84. The van der Waals surface area contributed by atoms with Gasteiger partial charge in [-0.1, -0.05) is 19.9 Å². The number of hydrogen-bond acceptors (Lipinski definition) is 5. The number of nitrogens with one attached hydrogen (secondary N) is 1. The summed E-state index contributed by atoms with van der Waals surface area (Å²) < 4.78 is 5.83. The van der Waals surface area contributed by atoms with Crippen molar-refractivity contribution >= 4 is 23.4 Å². The number of amidine groups is 1. The van der Waals surface area contributed by atoms with Crippen molar-refractivity contribution < 1.29 is 4.74 Å². The van der Waals surface area contributed by atoms with Crippen LogP contribution in [0.15, 0.2) is 46.5 Å². The summed E-state index contributed by atoms with van der Waals surface area (Å²) in [4.78, 5) is 17.1. The van der Waals surface area contributed by atoms with Crippen LogP contribution >= 0.6 is 0 Å². The van der Waals surface area contributed by atoms with E-state index >= 15 is 0 Å². The van der Waals surface area contributed by atoms with Gasteiger partial charge >= 0.3 is 0 Å². The molecule has 2 aromatic rings. The lowest BCUT2D eigenvalue weighted by Crippen LogP contribution is -2.22. The van der Waals surface area contributed by atoms with Gasteiger partial charge in [0.05, 0.1) is 30.1 Å².